The van der Waals surface area contributed by atoms with Gasteiger partial charge in [-0.1, -0.05) is 13.3 Å². The van der Waals surface area contributed by atoms with Crippen LogP contribution in [-0.2, 0) is 28.7 Å². The first-order valence-electron chi connectivity index (χ1n) is 8.52. The summed E-state index contributed by atoms with van der Waals surface area (Å²) in [6.45, 7) is 3.37. The molecule has 1 heterocycles. The molecule has 1 saturated heterocycles. The number of carbonyl (C=O) groups is 4. The van der Waals surface area contributed by atoms with Crippen LogP contribution in [-0.4, -0.2) is 47.9 Å². The van der Waals surface area contributed by atoms with E-state index in [0.29, 0.717) is 25.3 Å². The number of carbonyl (C=O) groups excluding carboxylic acids is 4. The van der Waals surface area contributed by atoms with E-state index in [-0.39, 0.29) is 30.0 Å². The zero-order valence-corrected chi connectivity index (χ0v) is 14.3. The zero-order chi connectivity index (χ0) is 17.7. The van der Waals surface area contributed by atoms with Gasteiger partial charge in [-0.15, -0.1) is 0 Å². The van der Waals surface area contributed by atoms with Crippen LogP contribution in [0.5, 0.6) is 0 Å². The summed E-state index contributed by atoms with van der Waals surface area (Å²) >= 11 is 0. The van der Waals surface area contributed by atoms with E-state index in [0.717, 1.165) is 19.3 Å². The van der Waals surface area contributed by atoms with Gasteiger partial charge in [0, 0.05) is 6.54 Å². The van der Waals surface area contributed by atoms with Gasteiger partial charge in [0.05, 0.1) is 12.3 Å². The van der Waals surface area contributed by atoms with Crippen LogP contribution in [0.2, 0.25) is 0 Å². The molecule has 2 rings (SSSR count). The monoisotopic (exact) mass is 339 g/mol. The molecule has 7 heteroatoms. The van der Waals surface area contributed by atoms with Gasteiger partial charge in [0.2, 0.25) is 12.7 Å². The Kier molecular flexibility index (Phi) is 6.34. The summed E-state index contributed by atoms with van der Waals surface area (Å²) in [5.41, 5.74) is 0. The van der Waals surface area contributed by atoms with Crippen molar-refractivity contribution in [3.63, 3.8) is 0 Å². The molecule has 0 radical (unpaired) electrons. The van der Waals surface area contributed by atoms with Gasteiger partial charge in [-0.2, -0.15) is 0 Å². The third-order valence-electron chi connectivity index (χ3n) is 4.81. The van der Waals surface area contributed by atoms with Crippen molar-refractivity contribution in [3.8, 4) is 0 Å². The Bertz CT molecular complexity index is 517. The van der Waals surface area contributed by atoms with Crippen LogP contribution < -0.4 is 0 Å². The summed E-state index contributed by atoms with van der Waals surface area (Å²) in [6, 6.07) is -0.694. The molecule has 7 nitrogen and oxygen atoms in total. The molecular formula is C17H25NO6. The first-order chi connectivity index (χ1) is 11.4. The number of nitrogens with zero attached hydrogens (tertiary/aromatic N) is 1. The second-order valence-corrected chi connectivity index (χ2v) is 6.68. The Labute approximate surface area is 141 Å². The fourth-order valence-corrected chi connectivity index (χ4v) is 3.47. The van der Waals surface area contributed by atoms with Crippen LogP contribution in [0, 0.1) is 11.8 Å². The van der Waals surface area contributed by atoms with E-state index >= 15 is 0 Å². The highest BCUT2D eigenvalue weighted by Crippen LogP contribution is 2.32. The van der Waals surface area contributed by atoms with Crippen molar-refractivity contribution in [2.75, 3.05) is 13.3 Å². The van der Waals surface area contributed by atoms with Crippen molar-refractivity contribution in [1.82, 2.24) is 4.90 Å². The lowest BCUT2D eigenvalue weighted by atomic mass is 9.99. The van der Waals surface area contributed by atoms with Crippen molar-refractivity contribution in [2.45, 2.75) is 58.4 Å². The van der Waals surface area contributed by atoms with Crippen molar-refractivity contribution in [1.29, 1.82) is 0 Å². The second-order valence-electron chi connectivity index (χ2n) is 6.68. The molecule has 2 fully saturated rings. The number of ether oxygens (including phenoxy) is 2. The minimum atomic E-state index is -0.694. The summed E-state index contributed by atoms with van der Waals surface area (Å²) < 4.78 is 10.1. The molecule has 0 aromatic rings. The number of likely N-dealkylation sites (tertiary alicyclic amines) is 1. The average Bonchev–Trinajstić information content (AvgIpc) is 3.14. The van der Waals surface area contributed by atoms with E-state index in [4.69, 9.17) is 9.47 Å². The molecule has 134 valence electrons. The molecule has 3 unspecified atom stereocenters. The van der Waals surface area contributed by atoms with Gasteiger partial charge in [-0.25, -0.2) is 4.79 Å². The molecule has 1 aliphatic heterocycles. The number of ketones is 1. The fraction of sp³-hybridized carbons (Fsp3) is 0.765. The number of hydrogen-bond acceptors (Lipinski definition) is 6. The molecule has 1 saturated carbocycles. The van der Waals surface area contributed by atoms with Gasteiger partial charge in [0.25, 0.3) is 0 Å². The number of esters is 2. The third-order valence-corrected chi connectivity index (χ3v) is 4.81. The minimum absolute atomic E-state index is 0.121. The Morgan fingerprint density at radius 1 is 1.00 bits per heavy atom. The summed E-state index contributed by atoms with van der Waals surface area (Å²) in [7, 11) is 0. The SMILES string of the molecule is CC(=O)CC(=O)N1CCCC1C(=O)OCOC(=O)C1CCCC1C. The Hall–Kier alpha value is -1.92. The van der Waals surface area contributed by atoms with Gasteiger partial charge in [0.15, 0.2) is 0 Å². The van der Waals surface area contributed by atoms with Gasteiger partial charge in [0.1, 0.15) is 11.8 Å². The van der Waals surface area contributed by atoms with E-state index in [1.807, 2.05) is 6.92 Å². The minimum Gasteiger partial charge on any atom is -0.428 e. The predicted molar refractivity (Wildman–Crippen MR) is 83.6 cm³/mol. The van der Waals surface area contributed by atoms with Crippen LogP contribution >= 0.6 is 0 Å². The largest absolute Gasteiger partial charge is 0.428 e. The van der Waals surface area contributed by atoms with E-state index in [9.17, 15) is 19.2 Å². The number of Topliss-reactive ketones (excluding diaryl/α,β-unsaturated/α-hetero) is 1. The summed E-state index contributed by atoms with van der Waals surface area (Å²) in [6.07, 6.45) is 3.80. The topological polar surface area (TPSA) is 90.0 Å². The van der Waals surface area contributed by atoms with Crippen LogP contribution in [0.25, 0.3) is 0 Å². The van der Waals surface area contributed by atoms with Crippen molar-refractivity contribution in [2.24, 2.45) is 11.8 Å². The van der Waals surface area contributed by atoms with Gasteiger partial charge >= 0.3 is 11.9 Å². The van der Waals surface area contributed by atoms with E-state index in [2.05, 4.69) is 0 Å². The Balaban J connectivity index is 1.78. The molecule has 3 atom stereocenters. The lowest BCUT2D eigenvalue weighted by Gasteiger charge is -2.23. The lowest BCUT2D eigenvalue weighted by Crippen LogP contribution is -2.42. The fourth-order valence-electron chi connectivity index (χ4n) is 3.47. The molecule has 0 N–H and O–H groups in total. The van der Waals surface area contributed by atoms with Gasteiger partial charge < -0.3 is 14.4 Å². The molecular weight excluding hydrogens is 314 g/mol. The third kappa shape index (κ3) is 4.55. The van der Waals surface area contributed by atoms with E-state index < -0.39 is 18.8 Å². The number of hydrogen-bond donors (Lipinski definition) is 0. The van der Waals surface area contributed by atoms with Gasteiger partial charge in [-0.3, -0.25) is 14.4 Å². The van der Waals surface area contributed by atoms with Crippen LogP contribution in [0.15, 0.2) is 0 Å². The molecule has 24 heavy (non-hydrogen) atoms. The maximum absolute atomic E-state index is 12.1. The highest BCUT2D eigenvalue weighted by molar-refractivity contribution is 5.98. The summed E-state index contributed by atoms with van der Waals surface area (Å²) in [5, 5.41) is 0. The average molecular weight is 339 g/mol. The van der Waals surface area contributed by atoms with Crippen molar-refractivity contribution in [3.05, 3.63) is 0 Å². The zero-order valence-electron chi connectivity index (χ0n) is 14.3. The number of amides is 1. The Morgan fingerprint density at radius 2 is 1.71 bits per heavy atom. The molecule has 0 bridgehead atoms. The van der Waals surface area contributed by atoms with Gasteiger partial charge in [-0.05, 0) is 38.5 Å². The quantitative estimate of drug-likeness (QED) is 0.413. The molecule has 0 spiro atoms. The molecule has 1 amide bonds. The standard InChI is InChI=1S/C17H25NO6/c1-11-5-3-6-13(11)16(21)23-10-24-17(22)14-7-4-8-18(14)15(20)9-12(2)19/h11,13-14H,3-10H2,1-2H3. The second kappa shape index (κ2) is 8.26. The smallest absolute Gasteiger partial charge is 0.331 e. The van der Waals surface area contributed by atoms with E-state index in [1.54, 1.807) is 0 Å². The molecule has 2 aliphatic rings. The first kappa shape index (κ1) is 18.4. The Morgan fingerprint density at radius 3 is 2.33 bits per heavy atom. The number of rotatable bonds is 6. The highest BCUT2D eigenvalue weighted by Gasteiger charge is 2.36. The molecule has 1 aliphatic carbocycles. The maximum atomic E-state index is 12.1. The lowest BCUT2D eigenvalue weighted by molar-refractivity contribution is -0.174. The van der Waals surface area contributed by atoms with Crippen molar-refractivity contribution >= 4 is 23.6 Å². The summed E-state index contributed by atoms with van der Waals surface area (Å²) in [4.78, 5) is 48.5. The van der Waals surface area contributed by atoms with Crippen LogP contribution in [0.4, 0.5) is 0 Å². The van der Waals surface area contributed by atoms with E-state index in [1.165, 1.54) is 11.8 Å². The van der Waals surface area contributed by atoms with Crippen molar-refractivity contribution < 1.29 is 28.7 Å². The predicted octanol–water partition coefficient (Wildman–Crippen LogP) is 1.44. The van der Waals surface area contributed by atoms with Crippen LogP contribution in [0.1, 0.15) is 52.4 Å². The molecule has 0 aromatic carbocycles. The maximum Gasteiger partial charge on any atom is 0.331 e. The highest BCUT2D eigenvalue weighted by atomic mass is 16.7. The van der Waals surface area contributed by atoms with Crippen LogP contribution in [0.3, 0.4) is 0 Å². The normalized spacial score (nSPS) is 26.2. The first-order valence-corrected chi connectivity index (χ1v) is 8.52. The summed E-state index contributed by atoms with van der Waals surface area (Å²) in [5.74, 6) is -1.34. The molecule has 0 aromatic heterocycles.